The number of hydrogen-bond donors (Lipinski definition) is 0. The van der Waals surface area contributed by atoms with Crippen LogP contribution >= 0.6 is 34.8 Å². The summed E-state index contributed by atoms with van der Waals surface area (Å²) in [6, 6.07) is 14.5. The average molecular weight is 547 g/mol. The van der Waals surface area contributed by atoms with Crippen LogP contribution in [-0.2, 0) is 6.61 Å². The molecule has 1 aromatic heterocycles. The van der Waals surface area contributed by atoms with Gasteiger partial charge in [-0.05, 0) is 78.6 Å². The standard InChI is InChI=1S/C28H20Cl3F2NO2/c29-23-2-1-3-24(30)26(23)27-22(28(36-34-27)14-4-5-14)13-35-18-6-7-19(25(31)11-18)21-12-20(21)15-8-16(32)10-17(33)9-15/h1-3,6-11,14,20-21H,4-5,12-13H2. The van der Waals surface area contributed by atoms with Gasteiger partial charge in [0, 0.05) is 22.6 Å². The van der Waals surface area contributed by atoms with Crippen molar-refractivity contribution in [3.05, 3.63) is 104 Å². The Morgan fingerprint density at radius 1 is 0.889 bits per heavy atom. The van der Waals surface area contributed by atoms with Crippen molar-refractivity contribution in [3.63, 3.8) is 0 Å². The molecule has 0 bridgehead atoms. The van der Waals surface area contributed by atoms with Gasteiger partial charge >= 0.3 is 0 Å². The van der Waals surface area contributed by atoms with Gasteiger partial charge in [0.2, 0.25) is 0 Å². The summed E-state index contributed by atoms with van der Waals surface area (Å²) in [4.78, 5) is 0. The molecule has 3 nitrogen and oxygen atoms in total. The van der Waals surface area contributed by atoms with Gasteiger partial charge in [0.05, 0.1) is 15.6 Å². The van der Waals surface area contributed by atoms with Crippen molar-refractivity contribution in [2.45, 2.75) is 43.6 Å². The largest absolute Gasteiger partial charge is 0.489 e. The molecule has 0 saturated heterocycles. The summed E-state index contributed by atoms with van der Waals surface area (Å²) in [5, 5.41) is 5.83. The van der Waals surface area contributed by atoms with E-state index in [1.165, 1.54) is 12.1 Å². The molecule has 2 atom stereocenters. The van der Waals surface area contributed by atoms with Crippen LogP contribution in [0.1, 0.15) is 59.5 Å². The number of rotatable bonds is 7. The van der Waals surface area contributed by atoms with Gasteiger partial charge < -0.3 is 9.26 Å². The average Bonchev–Trinajstić information content (AvgIpc) is 3.75. The number of nitrogens with zero attached hydrogens (tertiary/aromatic N) is 1. The monoisotopic (exact) mass is 545 g/mol. The first-order valence-electron chi connectivity index (χ1n) is 11.7. The van der Waals surface area contributed by atoms with Crippen LogP contribution in [0.2, 0.25) is 15.1 Å². The molecule has 0 amide bonds. The lowest BCUT2D eigenvalue weighted by atomic mass is 10.0. The van der Waals surface area contributed by atoms with Crippen molar-refractivity contribution in [2.24, 2.45) is 0 Å². The summed E-state index contributed by atoms with van der Waals surface area (Å²) in [6.07, 6.45) is 2.86. The van der Waals surface area contributed by atoms with Gasteiger partial charge in [-0.3, -0.25) is 0 Å². The third kappa shape index (κ3) is 4.60. The van der Waals surface area contributed by atoms with Crippen molar-refractivity contribution in [2.75, 3.05) is 0 Å². The van der Waals surface area contributed by atoms with Gasteiger partial charge in [0.15, 0.2) is 0 Å². The second-order valence-corrected chi connectivity index (χ2v) is 10.6. The predicted molar refractivity (Wildman–Crippen MR) is 136 cm³/mol. The SMILES string of the molecule is Fc1cc(F)cc(C2CC2c2ccc(OCc3c(-c4c(Cl)cccc4Cl)noc3C3CC3)cc2Cl)c1. The number of ether oxygens (including phenoxy) is 1. The minimum absolute atomic E-state index is 0.0421. The Hall–Kier alpha value is -2.60. The molecular weight excluding hydrogens is 527 g/mol. The molecule has 2 saturated carbocycles. The van der Waals surface area contributed by atoms with Crippen molar-refractivity contribution in [1.29, 1.82) is 0 Å². The molecule has 2 aliphatic rings. The maximum absolute atomic E-state index is 13.6. The molecule has 36 heavy (non-hydrogen) atoms. The van der Waals surface area contributed by atoms with E-state index < -0.39 is 11.6 Å². The van der Waals surface area contributed by atoms with E-state index in [9.17, 15) is 8.78 Å². The lowest BCUT2D eigenvalue weighted by Crippen LogP contribution is -2.00. The van der Waals surface area contributed by atoms with Gasteiger partial charge in [-0.1, -0.05) is 52.1 Å². The van der Waals surface area contributed by atoms with Gasteiger partial charge in [-0.15, -0.1) is 0 Å². The van der Waals surface area contributed by atoms with Crippen LogP contribution in [0.5, 0.6) is 5.75 Å². The first-order chi connectivity index (χ1) is 17.4. The Morgan fingerprint density at radius 2 is 1.61 bits per heavy atom. The number of hydrogen-bond acceptors (Lipinski definition) is 3. The quantitative estimate of drug-likeness (QED) is 0.232. The molecule has 184 valence electrons. The van der Waals surface area contributed by atoms with E-state index in [1.807, 2.05) is 12.1 Å². The Balaban J connectivity index is 1.22. The zero-order chi connectivity index (χ0) is 25.0. The Labute approximate surface area is 221 Å². The van der Waals surface area contributed by atoms with Crippen LogP contribution in [0.4, 0.5) is 8.78 Å². The number of benzene rings is 3. The van der Waals surface area contributed by atoms with Gasteiger partial charge in [-0.25, -0.2) is 8.78 Å². The fourth-order valence-electron chi connectivity index (χ4n) is 4.80. The molecule has 2 aliphatic carbocycles. The molecule has 0 spiro atoms. The molecule has 2 fully saturated rings. The highest BCUT2D eigenvalue weighted by Gasteiger charge is 2.41. The highest BCUT2D eigenvalue weighted by Crippen LogP contribution is 2.56. The fourth-order valence-corrected chi connectivity index (χ4v) is 5.69. The van der Waals surface area contributed by atoms with E-state index >= 15 is 0 Å². The molecule has 0 N–H and O–H groups in total. The maximum atomic E-state index is 13.6. The van der Waals surface area contributed by atoms with Crippen LogP contribution in [0.25, 0.3) is 11.3 Å². The van der Waals surface area contributed by atoms with Gasteiger partial charge in [0.1, 0.15) is 35.4 Å². The number of halogens is 5. The molecule has 1 heterocycles. The van der Waals surface area contributed by atoms with Gasteiger partial charge in [0.25, 0.3) is 0 Å². The van der Waals surface area contributed by atoms with E-state index in [2.05, 4.69) is 5.16 Å². The smallest absolute Gasteiger partial charge is 0.147 e. The molecule has 0 radical (unpaired) electrons. The predicted octanol–water partition coefficient (Wildman–Crippen LogP) is 9.31. The zero-order valence-electron chi connectivity index (χ0n) is 18.9. The molecule has 0 aliphatic heterocycles. The molecule has 4 aromatic rings. The summed E-state index contributed by atoms with van der Waals surface area (Å²) in [6.45, 7) is 0.219. The van der Waals surface area contributed by atoms with Gasteiger partial charge in [-0.2, -0.15) is 0 Å². The lowest BCUT2D eigenvalue weighted by Gasteiger charge is -2.11. The summed E-state index contributed by atoms with van der Waals surface area (Å²) in [7, 11) is 0. The summed E-state index contributed by atoms with van der Waals surface area (Å²) in [5.41, 5.74) is 3.61. The summed E-state index contributed by atoms with van der Waals surface area (Å²) >= 11 is 19.5. The van der Waals surface area contributed by atoms with Crippen LogP contribution in [0, 0.1) is 11.6 Å². The molecular formula is C28H20Cl3F2NO2. The maximum Gasteiger partial charge on any atom is 0.147 e. The molecule has 3 aromatic carbocycles. The van der Waals surface area contributed by atoms with Crippen LogP contribution < -0.4 is 4.74 Å². The second kappa shape index (κ2) is 9.37. The van der Waals surface area contributed by atoms with E-state index in [0.29, 0.717) is 43.6 Å². The first-order valence-corrected chi connectivity index (χ1v) is 12.8. The minimum atomic E-state index is -0.567. The molecule has 8 heteroatoms. The summed E-state index contributed by atoms with van der Waals surface area (Å²) < 4.78 is 39.1. The van der Waals surface area contributed by atoms with Crippen molar-refractivity contribution in [1.82, 2.24) is 5.16 Å². The Morgan fingerprint density at radius 3 is 2.28 bits per heavy atom. The van der Waals surface area contributed by atoms with Crippen LogP contribution in [0.15, 0.2) is 59.1 Å². The zero-order valence-corrected chi connectivity index (χ0v) is 21.2. The van der Waals surface area contributed by atoms with E-state index in [1.54, 1.807) is 24.3 Å². The van der Waals surface area contributed by atoms with E-state index in [0.717, 1.165) is 42.2 Å². The third-order valence-electron chi connectivity index (χ3n) is 6.82. The van der Waals surface area contributed by atoms with Crippen molar-refractivity contribution >= 4 is 34.8 Å². The topological polar surface area (TPSA) is 35.3 Å². The van der Waals surface area contributed by atoms with Crippen molar-refractivity contribution in [3.8, 4) is 17.0 Å². The Kier molecular flexibility index (Phi) is 6.19. The third-order valence-corrected chi connectivity index (χ3v) is 7.78. The van der Waals surface area contributed by atoms with Crippen LogP contribution in [0.3, 0.4) is 0 Å². The molecule has 2 unspecified atom stereocenters. The van der Waals surface area contributed by atoms with E-state index in [-0.39, 0.29) is 18.4 Å². The fraction of sp³-hybridized carbons (Fsp3) is 0.250. The first kappa shape index (κ1) is 23.8. The second-order valence-electron chi connectivity index (χ2n) is 9.37. The number of aromatic nitrogens is 1. The minimum Gasteiger partial charge on any atom is -0.489 e. The summed E-state index contributed by atoms with van der Waals surface area (Å²) in [5.74, 6) is 0.728. The highest BCUT2D eigenvalue weighted by molar-refractivity contribution is 6.39. The van der Waals surface area contributed by atoms with Crippen molar-refractivity contribution < 1.29 is 18.0 Å². The van der Waals surface area contributed by atoms with E-state index in [4.69, 9.17) is 44.1 Å². The normalized spacial score (nSPS) is 18.9. The van der Waals surface area contributed by atoms with Crippen LogP contribution in [-0.4, -0.2) is 5.16 Å². The highest BCUT2D eigenvalue weighted by atomic mass is 35.5. The Bertz CT molecular complexity index is 1430. The molecule has 6 rings (SSSR count). The lowest BCUT2D eigenvalue weighted by molar-refractivity contribution is 0.300.